The Bertz CT molecular complexity index is 837. The summed E-state index contributed by atoms with van der Waals surface area (Å²) in [6.07, 6.45) is -0.750. The molecule has 1 aromatic carbocycles. The monoisotopic (exact) mass is 411 g/mol. The van der Waals surface area contributed by atoms with E-state index in [4.69, 9.17) is 9.47 Å². The number of aryl methyl sites for hydroxylation is 1. The number of benzene rings is 1. The number of halogens is 3. The van der Waals surface area contributed by atoms with Crippen LogP contribution in [0.25, 0.3) is 0 Å². The molecule has 10 heteroatoms. The summed E-state index contributed by atoms with van der Waals surface area (Å²) in [6, 6.07) is 6.57. The largest absolute Gasteiger partial charge is 0.484 e. The Morgan fingerprint density at radius 3 is 2.93 bits per heavy atom. The van der Waals surface area contributed by atoms with Gasteiger partial charge >= 0.3 is 6.18 Å². The number of guanidine groups is 1. The maximum atomic E-state index is 12.3. The fraction of sp³-hybridized carbons (Fsp3) is 0.474. The number of aromatic nitrogens is 2. The summed E-state index contributed by atoms with van der Waals surface area (Å²) in [5.74, 6) is 0.878. The molecule has 158 valence electrons. The molecule has 1 N–H and O–H groups in total. The van der Waals surface area contributed by atoms with Gasteiger partial charge in [0.05, 0.1) is 19.3 Å². The first kappa shape index (κ1) is 21.0. The van der Waals surface area contributed by atoms with E-state index in [1.54, 1.807) is 30.1 Å². The molecule has 3 rings (SSSR count). The van der Waals surface area contributed by atoms with Gasteiger partial charge in [0.1, 0.15) is 11.9 Å². The second kappa shape index (κ2) is 9.17. The van der Waals surface area contributed by atoms with Crippen molar-refractivity contribution in [2.45, 2.75) is 18.8 Å². The summed E-state index contributed by atoms with van der Waals surface area (Å²) in [5, 5.41) is 7.44. The first-order valence-electron chi connectivity index (χ1n) is 9.18. The van der Waals surface area contributed by atoms with Crippen LogP contribution in [0, 0.1) is 0 Å². The molecular formula is C19H24F3N5O2. The Morgan fingerprint density at radius 1 is 1.41 bits per heavy atom. The van der Waals surface area contributed by atoms with Crippen LogP contribution in [0.1, 0.15) is 17.2 Å². The van der Waals surface area contributed by atoms with Crippen molar-refractivity contribution >= 4 is 5.96 Å². The lowest BCUT2D eigenvalue weighted by molar-refractivity contribution is -0.153. The number of rotatable bonds is 5. The summed E-state index contributed by atoms with van der Waals surface area (Å²) < 4.78 is 49.4. The van der Waals surface area contributed by atoms with Gasteiger partial charge in [0.25, 0.3) is 0 Å². The van der Waals surface area contributed by atoms with E-state index in [0.717, 1.165) is 11.1 Å². The molecule has 0 bridgehead atoms. The molecule has 29 heavy (non-hydrogen) atoms. The van der Waals surface area contributed by atoms with Crippen LogP contribution in [0.15, 0.2) is 41.7 Å². The molecule has 1 aromatic heterocycles. The van der Waals surface area contributed by atoms with Gasteiger partial charge in [-0.1, -0.05) is 12.1 Å². The lowest BCUT2D eigenvalue weighted by Gasteiger charge is -2.34. The average molecular weight is 411 g/mol. The predicted octanol–water partition coefficient (Wildman–Crippen LogP) is 2.51. The van der Waals surface area contributed by atoms with E-state index in [1.165, 1.54) is 6.07 Å². The van der Waals surface area contributed by atoms with E-state index in [9.17, 15) is 13.2 Å². The van der Waals surface area contributed by atoms with Gasteiger partial charge in [-0.15, -0.1) is 0 Å². The van der Waals surface area contributed by atoms with Crippen molar-refractivity contribution in [1.82, 2.24) is 20.0 Å². The number of nitrogens with zero attached hydrogens (tertiary/aromatic N) is 4. The molecule has 1 saturated heterocycles. The van der Waals surface area contributed by atoms with Crippen molar-refractivity contribution in [3.8, 4) is 5.75 Å². The first-order chi connectivity index (χ1) is 13.8. The van der Waals surface area contributed by atoms with Crippen LogP contribution in [-0.2, 0) is 18.3 Å². The summed E-state index contributed by atoms with van der Waals surface area (Å²) in [5.41, 5.74) is 1.80. The molecule has 0 aliphatic carbocycles. The number of hydrogen-bond donors (Lipinski definition) is 1. The molecule has 1 aliphatic heterocycles. The lowest BCUT2D eigenvalue weighted by Crippen LogP contribution is -2.47. The second-order valence-electron chi connectivity index (χ2n) is 6.70. The number of morpholine rings is 1. The summed E-state index contributed by atoms with van der Waals surface area (Å²) in [4.78, 5) is 6.41. The molecular weight excluding hydrogens is 387 g/mol. The number of aliphatic imine (C=N–C) groups is 1. The highest BCUT2D eigenvalue weighted by Gasteiger charge is 2.28. The van der Waals surface area contributed by atoms with Crippen LogP contribution in [0.2, 0.25) is 0 Å². The zero-order valence-electron chi connectivity index (χ0n) is 16.3. The third-order valence-corrected chi connectivity index (χ3v) is 4.43. The van der Waals surface area contributed by atoms with Gasteiger partial charge in [-0.2, -0.15) is 18.3 Å². The Morgan fingerprint density at radius 2 is 2.24 bits per heavy atom. The third kappa shape index (κ3) is 6.11. The molecule has 0 saturated carbocycles. The predicted molar refractivity (Wildman–Crippen MR) is 102 cm³/mol. The highest BCUT2D eigenvalue weighted by Crippen LogP contribution is 2.22. The van der Waals surface area contributed by atoms with Crippen LogP contribution >= 0.6 is 0 Å². The van der Waals surface area contributed by atoms with Gasteiger partial charge in [0, 0.05) is 38.9 Å². The van der Waals surface area contributed by atoms with E-state index in [1.807, 2.05) is 19.3 Å². The van der Waals surface area contributed by atoms with Crippen LogP contribution < -0.4 is 10.1 Å². The number of ether oxygens (including phenoxy) is 2. The standard InChI is InChI=1S/C19H24F3N5O2/c1-23-18(27-6-7-28-17(12-27)15-10-25-26(2)11-15)24-9-14-4-3-5-16(8-14)29-13-19(20,21)22/h3-5,8,10-11,17H,6-7,9,12-13H2,1-2H3,(H,23,24). The molecule has 2 aromatic rings. The SMILES string of the molecule is CN=C(NCc1cccc(OCC(F)(F)F)c1)N1CCOC(c2cnn(C)c2)C1. The molecule has 0 radical (unpaired) electrons. The minimum Gasteiger partial charge on any atom is -0.484 e. The van der Waals surface area contributed by atoms with Crippen molar-refractivity contribution in [1.29, 1.82) is 0 Å². The van der Waals surface area contributed by atoms with Crippen LogP contribution in [0.4, 0.5) is 13.2 Å². The van der Waals surface area contributed by atoms with Gasteiger partial charge in [0.15, 0.2) is 12.6 Å². The molecule has 1 atom stereocenters. The second-order valence-corrected chi connectivity index (χ2v) is 6.70. The van der Waals surface area contributed by atoms with E-state index in [0.29, 0.717) is 32.2 Å². The maximum Gasteiger partial charge on any atom is 0.422 e. The van der Waals surface area contributed by atoms with Crippen molar-refractivity contribution < 1.29 is 22.6 Å². The van der Waals surface area contributed by atoms with Crippen molar-refractivity contribution in [2.24, 2.45) is 12.0 Å². The number of hydrogen-bond acceptors (Lipinski definition) is 4. The van der Waals surface area contributed by atoms with E-state index in [-0.39, 0.29) is 11.9 Å². The Labute approximate surface area is 167 Å². The zero-order valence-corrected chi connectivity index (χ0v) is 16.3. The minimum atomic E-state index is -4.36. The van der Waals surface area contributed by atoms with Crippen molar-refractivity contribution in [2.75, 3.05) is 33.4 Å². The highest BCUT2D eigenvalue weighted by molar-refractivity contribution is 5.80. The fourth-order valence-electron chi connectivity index (χ4n) is 3.07. The highest BCUT2D eigenvalue weighted by atomic mass is 19.4. The van der Waals surface area contributed by atoms with Crippen LogP contribution in [-0.4, -0.2) is 60.2 Å². The normalized spacial score (nSPS) is 18.0. The number of nitrogens with one attached hydrogen (secondary N) is 1. The molecule has 0 spiro atoms. The van der Waals surface area contributed by atoms with E-state index < -0.39 is 12.8 Å². The number of alkyl halides is 3. The molecule has 0 amide bonds. The fourth-order valence-corrected chi connectivity index (χ4v) is 3.07. The topological polar surface area (TPSA) is 63.9 Å². The van der Waals surface area contributed by atoms with Crippen LogP contribution in [0.5, 0.6) is 5.75 Å². The van der Waals surface area contributed by atoms with Gasteiger partial charge in [-0.3, -0.25) is 9.67 Å². The van der Waals surface area contributed by atoms with Crippen molar-refractivity contribution in [3.63, 3.8) is 0 Å². The molecule has 7 nitrogen and oxygen atoms in total. The Kier molecular flexibility index (Phi) is 6.63. The zero-order chi connectivity index (χ0) is 20.9. The molecule has 1 aliphatic rings. The molecule has 2 heterocycles. The quantitative estimate of drug-likeness (QED) is 0.605. The summed E-state index contributed by atoms with van der Waals surface area (Å²) in [6.45, 7) is 0.964. The van der Waals surface area contributed by atoms with Crippen LogP contribution in [0.3, 0.4) is 0 Å². The van der Waals surface area contributed by atoms with E-state index >= 15 is 0 Å². The van der Waals surface area contributed by atoms with Gasteiger partial charge < -0.3 is 19.7 Å². The molecule has 1 fully saturated rings. The van der Waals surface area contributed by atoms with Gasteiger partial charge in [0.2, 0.25) is 0 Å². The maximum absolute atomic E-state index is 12.3. The Balaban J connectivity index is 1.57. The summed E-state index contributed by atoms with van der Waals surface area (Å²) >= 11 is 0. The molecule has 1 unspecified atom stereocenters. The minimum absolute atomic E-state index is 0.102. The summed E-state index contributed by atoms with van der Waals surface area (Å²) in [7, 11) is 3.55. The lowest BCUT2D eigenvalue weighted by atomic mass is 10.1. The van der Waals surface area contributed by atoms with Crippen molar-refractivity contribution in [3.05, 3.63) is 47.8 Å². The first-order valence-corrected chi connectivity index (χ1v) is 9.18. The van der Waals surface area contributed by atoms with Gasteiger partial charge in [-0.25, -0.2) is 0 Å². The smallest absolute Gasteiger partial charge is 0.422 e. The average Bonchev–Trinajstić information content (AvgIpc) is 3.13. The Hall–Kier alpha value is -2.75. The van der Waals surface area contributed by atoms with E-state index in [2.05, 4.69) is 20.3 Å². The van der Waals surface area contributed by atoms with Gasteiger partial charge in [-0.05, 0) is 17.7 Å². The third-order valence-electron chi connectivity index (χ3n) is 4.43.